The Bertz CT molecular complexity index is 220. The molecule has 0 aromatic carbocycles. The van der Waals surface area contributed by atoms with E-state index in [0.717, 1.165) is 13.0 Å². The molecule has 3 atom stereocenters. The molecule has 1 aliphatic heterocycles. The molecule has 1 aliphatic rings. The Morgan fingerprint density at radius 3 is 2.80 bits per heavy atom. The summed E-state index contributed by atoms with van der Waals surface area (Å²) in [4.78, 5) is 13.2. The van der Waals surface area contributed by atoms with Gasteiger partial charge < -0.3 is 9.84 Å². The van der Waals surface area contributed by atoms with Crippen molar-refractivity contribution in [2.45, 2.75) is 38.8 Å². The zero-order chi connectivity index (χ0) is 11.4. The second-order valence-corrected chi connectivity index (χ2v) is 4.41. The molecule has 1 saturated heterocycles. The number of aliphatic carboxylic acids is 1. The van der Waals surface area contributed by atoms with E-state index in [4.69, 9.17) is 9.84 Å². The fraction of sp³-hybridized carbons (Fsp3) is 0.909. The topological polar surface area (TPSA) is 49.8 Å². The first-order chi connectivity index (χ1) is 7.07. The van der Waals surface area contributed by atoms with Gasteiger partial charge in [0, 0.05) is 13.2 Å². The first-order valence-electron chi connectivity index (χ1n) is 5.55. The van der Waals surface area contributed by atoms with Gasteiger partial charge in [0.05, 0.1) is 6.61 Å². The average Bonchev–Trinajstić information content (AvgIpc) is 2.19. The van der Waals surface area contributed by atoms with Crippen molar-refractivity contribution in [1.29, 1.82) is 0 Å². The number of ether oxygens (including phenoxy) is 1. The molecule has 0 saturated carbocycles. The lowest BCUT2D eigenvalue weighted by Crippen LogP contribution is -2.53. The molecule has 4 nitrogen and oxygen atoms in total. The molecule has 0 aromatic rings. The zero-order valence-corrected chi connectivity index (χ0v) is 9.77. The smallest absolute Gasteiger partial charge is 0.323 e. The van der Waals surface area contributed by atoms with E-state index in [1.54, 1.807) is 7.11 Å². The summed E-state index contributed by atoms with van der Waals surface area (Å²) in [6.45, 7) is 5.43. The number of hydrogen-bond acceptors (Lipinski definition) is 3. The summed E-state index contributed by atoms with van der Waals surface area (Å²) >= 11 is 0. The van der Waals surface area contributed by atoms with Crippen LogP contribution in [0.15, 0.2) is 0 Å². The number of likely N-dealkylation sites (tertiary alicyclic amines) is 1. The van der Waals surface area contributed by atoms with E-state index >= 15 is 0 Å². The highest BCUT2D eigenvalue weighted by molar-refractivity contribution is 5.73. The third-order valence-electron chi connectivity index (χ3n) is 3.43. The van der Waals surface area contributed by atoms with Gasteiger partial charge in [-0.15, -0.1) is 0 Å². The predicted octanol–water partition coefficient (Wildman–Crippen LogP) is 1.21. The minimum absolute atomic E-state index is 0.270. The molecule has 1 heterocycles. The lowest BCUT2D eigenvalue weighted by molar-refractivity contribution is -0.147. The second kappa shape index (κ2) is 5.47. The molecule has 88 valence electrons. The van der Waals surface area contributed by atoms with Crippen LogP contribution in [0.5, 0.6) is 0 Å². The van der Waals surface area contributed by atoms with Gasteiger partial charge in [-0.3, -0.25) is 9.69 Å². The summed E-state index contributed by atoms with van der Waals surface area (Å²) in [6.07, 6.45) is 2.27. The molecular formula is C11H21NO3. The number of carboxylic acid groups (broad SMARTS) is 1. The van der Waals surface area contributed by atoms with Gasteiger partial charge in [0.25, 0.3) is 0 Å². The summed E-state index contributed by atoms with van der Waals surface area (Å²) in [6, 6.07) is -0.164. The fourth-order valence-corrected chi connectivity index (χ4v) is 2.27. The van der Waals surface area contributed by atoms with Crippen LogP contribution in [-0.2, 0) is 9.53 Å². The Balaban J connectivity index is 2.68. The molecule has 0 aliphatic carbocycles. The van der Waals surface area contributed by atoms with Gasteiger partial charge in [0.15, 0.2) is 0 Å². The largest absolute Gasteiger partial charge is 0.480 e. The van der Waals surface area contributed by atoms with Gasteiger partial charge in [-0.2, -0.15) is 0 Å². The van der Waals surface area contributed by atoms with Crippen molar-refractivity contribution < 1.29 is 14.6 Å². The van der Waals surface area contributed by atoms with Crippen molar-refractivity contribution in [1.82, 2.24) is 4.90 Å². The van der Waals surface area contributed by atoms with E-state index in [0.29, 0.717) is 12.0 Å². The van der Waals surface area contributed by atoms with E-state index in [9.17, 15) is 4.79 Å². The van der Waals surface area contributed by atoms with E-state index in [1.807, 2.05) is 0 Å². The molecule has 1 N–H and O–H groups in total. The van der Waals surface area contributed by atoms with Gasteiger partial charge >= 0.3 is 5.97 Å². The van der Waals surface area contributed by atoms with Gasteiger partial charge in [-0.1, -0.05) is 6.92 Å². The first kappa shape index (κ1) is 12.5. The van der Waals surface area contributed by atoms with Crippen molar-refractivity contribution in [3.63, 3.8) is 0 Å². The standard InChI is InChI=1S/C11H21NO3/c1-8-5-4-6-12(9(8)2)10(7-15-3)11(13)14/h8-10H,4-7H2,1-3H3,(H,13,14). The lowest BCUT2D eigenvalue weighted by Gasteiger charge is -2.40. The SMILES string of the molecule is COCC(C(=O)O)N1CCCC(C)C1C. The quantitative estimate of drug-likeness (QED) is 0.765. The molecule has 0 amide bonds. The van der Waals surface area contributed by atoms with Crippen LogP contribution < -0.4 is 0 Å². The van der Waals surface area contributed by atoms with Gasteiger partial charge in [-0.05, 0) is 32.2 Å². The highest BCUT2D eigenvalue weighted by atomic mass is 16.5. The monoisotopic (exact) mass is 215 g/mol. The number of nitrogens with zero attached hydrogens (tertiary/aromatic N) is 1. The van der Waals surface area contributed by atoms with Crippen LogP contribution in [0.2, 0.25) is 0 Å². The maximum absolute atomic E-state index is 11.1. The molecule has 0 radical (unpaired) electrons. The van der Waals surface area contributed by atoms with E-state index in [2.05, 4.69) is 18.7 Å². The Morgan fingerprint density at radius 2 is 2.27 bits per heavy atom. The molecule has 4 heteroatoms. The molecule has 15 heavy (non-hydrogen) atoms. The van der Waals surface area contributed by atoms with E-state index < -0.39 is 12.0 Å². The summed E-state index contributed by atoms with van der Waals surface area (Å²) < 4.78 is 4.98. The number of carbonyl (C=O) groups is 1. The van der Waals surface area contributed by atoms with Crippen molar-refractivity contribution in [2.75, 3.05) is 20.3 Å². The number of piperidine rings is 1. The molecule has 3 unspecified atom stereocenters. The highest BCUT2D eigenvalue weighted by Gasteiger charge is 2.33. The third kappa shape index (κ3) is 2.92. The van der Waals surface area contributed by atoms with E-state index in [1.165, 1.54) is 6.42 Å². The Morgan fingerprint density at radius 1 is 1.60 bits per heavy atom. The van der Waals surface area contributed by atoms with Crippen molar-refractivity contribution in [3.05, 3.63) is 0 Å². The zero-order valence-electron chi connectivity index (χ0n) is 9.77. The summed E-state index contributed by atoms with van der Waals surface area (Å²) in [7, 11) is 1.55. The van der Waals surface area contributed by atoms with Gasteiger partial charge in [0.1, 0.15) is 6.04 Å². The number of carboxylic acids is 1. The minimum Gasteiger partial charge on any atom is -0.480 e. The molecule has 0 aromatic heterocycles. The molecule has 1 rings (SSSR count). The van der Waals surface area contributed by atoms with Crippen molar-refractivity contribution in [2.24, 2.45) is 5.92 Å². The normalized spacial score (nSPS) is 30.1. The minimum atomic E-state index is -0.780. The molecule has 0 bridgehead atoms. The van der Waals surface area contributed by atoms with Crippen molar-refractivity contribution >= 4 is 5.97 Å². The number of methoxy groups -OCH3 is 1. The second-order valence-electron chi connectivity index (χ2n) is 4.41. The summed E-state index contributed by atoms with van der Waals surface area (Å²) in [5.74, 6) is -0.213. The highest BCUT2D eigenvalue weighted by Crippen LogP contribution is 2.24. The Kier molecular flexibility index (Phi) is 4.54. The average molecular weight is 215 g/mol. The van der Waals surface area contributed by atoms with Gasteiger partial charge in [0.2, 0.25) is 0 Å². The van der Waals surface area contributed by atoms with Crippen LogP contribution in [0.25, 0.3) is 0 Å². The maximum atomic E-state index is 11.1. The molecule has 1 fully saturated rings. The van der Waals surface area contributed by atoms with E-state index in [-0.39, 0.29) is 6.61 Å². The van der Waals surface area contributed by atoms with Crippen LogP contribution in [0, 0.1) is 5.92 Å². The lowest BCUT2D eigenvalue weighted by atomic mass is 9.91. The van der Waals surface area contributed by atoms with Crippen molar-refractivity contribution in [3.8, 4) is 0 Å². The third-order valence-corrected chi connectivity index (χ3v) is 3.43. The molecular weight excluding hydrogens is 194 g/mol. The van der Waals surface area contributed by atoms with Crippen LogP contribution in [-0.4, -0.2) is 48.3 Å². The predicted molar refractivity (Wildman–Crippen MR) is 57.9 cm³/mol. The summed E-state index contributed by atoms with van der Waals surface area (Å²) in [5.41, 5.74) is 0. The molecule has 0 spiro atoms. The van der Waals surface area contributed by atoms with Crippen LogP contribution in [0.3, 0.4) is 0 Å². The van der Waals surface area contributed by atoms with Crippen LogP contribution in [0.1, 0.15) is 26.7 Å². The fourth-order valence-electron chi connectivity index (χ4n) is 2.27. The Hall–Kier alpha value is -0.610. The summed E-state index contributed by atoms with van der Waals surface area (Å²) in [5, 5.41) is 9.14. The first-order valence-corrected chi connectivity index (χ1v) is 5.55. The van der Waals surface area contributed by atoms with Crippen LogP contribution in [0.4, 0.5) is 0 Å². The Labute approximate surface area is 91.2 Å². The maximum Gasteiger partial charge on any atom is 0.323 e. The van der Waals surface area contributed by atoms with Gasteiger partial charge in [-0.25, -0.2) is 0 Å². The van der Waals surface area contributed by atoms with Crippen LogP contribution >= 0.6 is 0 Å². The number of rotatable bonds is 4. The number of hydrogen-bond donors (Lipinski definition) is 1.